The highest BCUT2D eigenvalue weighted by atomic mass is 16.5. The summed E-state index contributed by atoms with van der Waals surface area (Å²) in [4.78, 5) is 2.32. The van der Waals surface area contributed by atoms with Gasteiger partial charge in [0.25, 0.3) is 0 Å². The average Bonchev–Trinajstić information content (AvgIpc) is 2.63. The lowest BCUT2D eigenvalue weighted by Crippen LogP contribution is -2.38. The predicted octanol–water partition coefficient (Wildman–Crippen LogP) is 0.231. The Bertz CT molecular complexity index is 166. The molecule has 4 nitrogen and oxygen atoms in total. The number of hydrogen-bond donors (Lipinski definition) is 2. The van der Waals surface area contributed by atoms with Crippen LogP contribution in [0.5, 0.6) is 0 Å². The third kappa shape index (κ3) is 4.47. The number of aliphatic hydroxyl groups is 2. The summed E-state index contributed by atoms with van der Waals surface area (Å²) >= 11 is 0. The summed E-state index contributed by atoms with van der Waals surface area (Å²) in [5.74, 6) is 0. The minimum atomic E-state index is -0.385. The Morgan fingerprint density at radius 1 is 1.53 bits per heavy atom. The fourth-order valence-electron chi connectivity index (χ4n) is 2.31. The van der Waals surface area contributed by atoms with Crippen LogP contribution in [0.2, 0.25) is 0 Å². The number of hydrogen-bond acceptors (Lipinski definition) is 4. The summed E-state index contributed by atoms with van der Waals surface area (Å²) in [5.41, 5.74) is 0. The normalized spacial score (nSPS) is 24.6. The standard InChI is InChI=1S/C11H23NO3/c1-15-9-11(14)8-12-6-2-4-10(12)5-3-7-13/h10-11,13-14H,2-9H2,1H3. The molecule has 1 heterocycles. The lowest BCUT2D eigenvalue weighted by atomic mass is 10.1. The summed E-state index contributed by atoms with van der Waals surface area (Å²) in [6, 6.07) is 0.545. The molecule has 0 radical (unpaired) electrons. The molecule has 0 amide bonds. The third-order valence-corrected chi connectivity index (χ3v) is 3.00. The number of aliphatic hydroxyl groups excluding tert-OH is 2. The number of likely N-dealkylation sites (tertiary alicyclic amines) is 1. The van der Waals surface area contributed by atoms with Crippen molar-refractivity contribution in [3.63, 3.8) is 0 Å². The first kappa shape index (κ1) is 12.9. The van der Waals surface area contributed by atoms with Crippen molar-refractivity contribution in [1.29, 1.82) is 0 Å². The van der Waals surface area contributed by atoms with E-state index in [1.165, 1.54) is 12.8 Å². The zero-order valence-corrected chi connectivity index (χ0v) is 9.56. The Hall–Kier alpha value is -0.160. The van der Waals surface area contributed by atoms with Crippen LogP contribution in [0, 0.1) is 0 Å². The summed E-state index contributed by atoms with van der Waals surface area (Å²) < 4.78 is 4.91. The summed E-state index contributed by atoms with van der Waals surface area (Å²) in [6.45, 7) is 2.44. The second kappa shape index (κ2) is 7.17. The maximum Gasteiger partial charge on any atom is 0.0900 e. The van der Waals surface area contributed by atoms with E-state index < -0.39 is 0 Å². The first-order chi connectivity index (χ1) is 7.27. The van der Waals surface area contributed by atoms with Crippen molar-refractivity contribution in [3.8, 4) is 0 Å². The van der Waals surface area contributed by atoms with Gasteiger partial charge in [-0.25, -0.2) is 0 Å². The molecule has 0 aromatic rings. The van der Waals surface area contributed by atoms with Gasteiger partial charge in [0, 0.05) is 26.3 Å². The van der Waals surface area contributed by atoms with Gasteiger partial charge in [-0.1, -0.05) is 0 Å². The fraction of sp³-hybridized carbons (Fsp3) is 1.00. The van der Waals surface area contributed by atoms with Crippen molar-refractivity contribution >= 4 is 0 Å². The van der Waals surface area contributed by atoms with E-state index >= 15 is 0 Å². The molecule has 0 bridgehead atoms. The molecule has 90 valence electrons. The van der Waals surface area contributed by atoms with E-state index in [0.29, 0.717) is 19.2 Å². The van der Waals surface area contributed by atoms with Crippen molar-refractivity contribution in [2.45, 2.75) is 37.8 Å². The Balaban J connectivity index is 2.26. The van der Waals surface area contributed by atoms with Gasteiger partial charge in [0.15, 0.2) is 0 Å². The SMILES string of the molecule is COCC(O)CN1CCCC1CCCO. The summed E-state index contributed by atoms with van der Waals surface area (Å²) in [5, 5.41) is 18.4. The van der Waals surface area contributed by atoms with Crippen LogP contribution in [0.15, 0.2) is 0 Å². The summed E-state index contributed by atoms with van der Waals surface area (Å²) in [6.07, 6.45) is 3.91. The van der Waals surface area contributed by atoms with Gasteiger partial charge in [-0.3, -0.25) is 4.90 Å². The molecule has 2 unspecified atom stereocenters. The highest BCUT2D eigenvalue weighted by Gasteiger charge is 2.25. The van der Waals surface area contributed by atoms with Crippen molar-refractivity contribution < 1.29 is 14.9 Å². The van der Waals surface area contributed by atoms with Gasteiger partial charge in [-0.05, 0) is 32.2 Å². The Morgan fingerprint density at radius 2 is 2.33 bits per heavy atom. The zero-order valence-electron chi connectivity index (χ0n) is 9.56. The molecule has 0 spiro atoms. The summed E-state index contributed by atoms with van der Waals surface area (Å²) in [7, 11) is 1.61. The van der Waals surface area contributed by atoms with Gasteiger partial charge in [0.05, 0.1) is 12.7 Å². The van der Waals surface area contributed by atoms with Crippen molar-refractivity contribution in [3.05, 3.63) is 0 Å². The van der Waals surface area contributed by atoms with Crippen LogP contribution in [0.25, 0.3) is 0 Å². The smallest absolute Gasteiger partial charge is 0.0900 e. The Kier molecular flexibility index (Phi) is 6.17. The van der Waals surface area contributed by atoms with Crippen molar-refractivity contribution in [2.24, 2.45) is 0 Å². The molecular formula is C11H23NO3. The predicted molar refractivity (Wildman–Crippen MR) is 58.8 cm³/mol. The van der Waals surface area contributed by atoms with Crippen LogP contribution in [0.3, 0.4) is 0 Å². The third-order valence-electron chi connectivity index (χ3n) is 3.00. The van der Waals surface area contributed by atoms with E-state index in [0.717, 1.165) is 19.4 Å². The van der Waals surface area contributed by atoms with E-state index in [1.807, 2.05) is 0 Å². The minimum absolute atomic E-state index is 0.269. The topological polar surface area (TPSA) is 52.9 Å². The molecule has 0 aromatic carbocycles. The molecule has 0 saturated carbocycles. The quantitative estimate of drug-likeness (QED) is 0.641. The highest BCUT2D eigenvalue weighted by molar-refractivity contribution is 4.80. The molecule has 1 aliphatic rings. The molecule has 2 atom stereocenters. The van der Waals surface area contributed by atoms with Gasteiger partial charge in [-0.2, -0.15) is 0 Å². The maximum atomic E-state index is 9.64. The molecule has 1 fully saturated rings. The first-order valence-corrected chi connectivity index (χ1v) is 5.79. The lowest BCUT2D eigenvalue weighted by Gasteiger charge is -2.26. The molecule has 1 aliphatic heterocycles. The molecule has 15 heavy (non-hydrogen) atoms. The number of β-amino-alcohol motifs (C(OH)–C–C–N with tert-alkyl or cyclic N) is 1. The Morgan fingerprint density at radius 3 is 3.00 bits per heavy atom. The monoisotopic (exact) mass is 217 g/mol. The van der Waals surface area contributed by atoms with Crippen molar-refractivity contribution in [1.82, 2.24) is 4.90 Å². The van der Waals surface area contributed by atoms with Crippen molar-refractivity contribution in [2.75, 3.05) is 33.4 Å². The maximum absolute atomic E-state index is 9.64. The van der Waals surface area contributed by atoms with E-state index in [1.54, 1.807) is 7.11 Å². The van der Waals surface area contributed by atoms with Gasteiger partial charge in [-0.15, -0.1) is 0 Å². The van der Waals surface area contributed by atoms with E-state index in [2.05, 4.69) is 4.90 Å². The second-order valence-electron chi connectivity index (χ2n) is 4.27. The van der Waals surface area contributed by atoms with E-state index in [9.17, 15) is 5.11 Å². The molecule has 0 aromatic heterocycles. The first-order valence-electron chi connectivity index (χ1n) is 5.79. The lowest BCUT2D eigenvalue weighted by molar-refractivity contribution is 0.0334. The van der Waals surface area contributed by atoms with Crippen LogP contribution in [0.1, 0.15) is 25.7 Å². The second-order valence-corrected chi connectivity index (χ2v) is 4.27. The van der Waals surface area contributed by atoms with Gasteiger partial charge in [0.1, 0.15) is 0 Å². The molecule has 4 heteroatoms. The van der Waals surface area contributed by atoms with Crippen LogP contribution < -0.4 is 0 Å². The van der Waals surface area contributed by atoms with Crippen LogP contribution in [0.4, 0.5) is 0 Å². The van der Waals surface area contributed by atoms with Gasteiger partial charge < -0.3 is 14.9 Å². The van der Waals surface area contributed by atoms with Crippen LogP contribution in [-0.2, 0) is 4.74 Å². The van der Waals surface area contributed by atoms with E-state index in [4.69, 9.17) is 9.84 Å². The van der Waals surface area contributed by atoms with Gasteiger partial charge in [0.2, 0.25) is 0 Å². The van der Waals surface area contributed by atoms with Crippen LogP contribution in [-0.4, -0.2) is 60.7 Å². The molecular weight excluding hydrogens is 194 g/mol. The number of rotatable bonds is 7. The highest BCUT2D eigenvalue weighted by Crippen LogP contribution is 2.21. The number of methoxy groups -OCH3 is 1. The molecule has 0 aliphatic carbocycles. The van der Waals surface area contributed by atoms with Crippen LogP contribution >= 0.6 is 0 Å². The number of ether oxygens (including phenoxy) is 1. The van der Waals surface area contributed by atoms with Gasteiger partial charge >= 0.3 is 0 Å². The zero-order chi connectivity index (χ0) is 11.1. The largest absolute Gasteiger partial charge is 0.396 e. The minimum Gasteiger partial charge on any atom is -0.396 e. The Labute approximate surface area is 91.8 Å². The molecule has 1 rings (SSSR count). The average molecular weight is 217 g/mol. The molecule has 2 N–H and O–H groups in total. The van der Waals surface area contributed by atoms with E-state index in [-0.39, 0.29) is 12.7 Å². The number of nitrogens with zero attached hydrogens (tertiary/aromatic N) is 1. The molecule has 1 saturated heterocycles. The fourth-order valence-corrected chi connectivity index (χ4v) is 2.31.